The quantitative estimate of drug-likeness (QED) is 0.620. The van der Waals surface area contributed by atoms with Crippen molar-refractivity contribution in [1.29, 1.82) is 0 Å². The van der Waals surface area contributed by atoms with Gasteiger partial charge in [-0.05, 0) is 59.5 Å². The fourth-order valence-electron chi connectivity index (χ4n) is 3.03. The third-order valence-electron chi connectivity index (χ3n) is 4.67. The molecule has 0 atom stereocenters. The molecule has 0 radical (unpaired) electrons. The van der Waals surface area contributed by atoms with Crippen LogP contribution in [-0.2, 0) is 6.42 Å². The van der Waals surface area contributed by atoms with Gasteiger partial charge in [0, 0.05) is 18.2 Å². The number of benzene rings is 3. The highest BCUT2D eigenvalue weighted by Gasteiger charge is 2.09. The molecule has 3 rings (SSSR count). The van der Waals surface area contributed by atoms with Crippen LogP contribution in [0.25, 0.3) is 11.1 Å². The molecule has 1 N–H and O–H groups in total. The summed E-state index contributed by atoms with van der Waals surface area (Å²) in [6.45, 7) is 0.558. The zero-order valence-electron chi connectivity index (χ0n) is 16.9. The van der Waals surface area contributed by atoms with E-state index in [0.717, 1.165) is 28.9 Å². The fourth-order valence-corrected chi connectivity index (χ4v) is 3.03. The average molecular weight is 391 g/mol. The molecule has 1 amide bonds. The first kappa shape index (κ1) is 20.3. The minimum atomic E-state index is -0.102. The lowest BCUT2D eigenvalue weighted by Gasteiger charge is -2.10. The van der Waals surface area contributed by atoms with E-state index in [1.54, 1.807) is 21.3 Å². The Kier molecular flexibility index (Phi) is 6.74. The molecule has 5 heteroatoms. The van der Waals surface area contributed by atoms with Gasteiger partial charge in [0.2, 0.25) is 0 Å². The Bertz CT molecular complexity index is 945. The Morgan fingerprint density at radius 3 is 2.03 bits per heavy atom. The second kappa shape index (κ2) is 9.64. The van der Waals surface area contributed by atoms with Gasteiger partial charge in [0.05, 0.1) is 21.3 Å². The Morgan fingerprint density at radius 2 is 1.41 bits per heavy atom. The number of nitrogens with one attached hydrogen (secondary N) is 1. The molecular formula is C24H25NO4. The predicted molar refractivity (Wildman–Crippen MR) is 114 cm³/mol. The third kappa shape index (κ3) is 5.29. The van der Waals surface area contributed by atoms with Crippen LogP contribution in [0.15, 0.2) is 66.7 Å². The van der Waals surface area contributed by atoms with Gasteiger partial charge >= 0.3 is 0 Å². The molecule has 150 valence electrons. The van der Waals surface area contributed by atoms with Crippen molar-refractivity contribution in [3.63, 3.8) is 0 Å². The second-order valence-corrected chi connectivity index (χ2v) is 6.54. The number of carbonyl (C=O) groups excluding carboxylic acids is 1. The smallest absolute Gasteiger partial charge is 0.251 e. The van der Waals surface area contributed by atoms with Gasteiger partial charge in [0.1, 0.15) is 17.2 Å². The zero-order valence-corrected chi connectivity index (χ0v) is 16.9. The summed E-state index contributed by atoms with van der Waals surface area (Å²) in [5.74, 6) is 2.13. The van der Waals surface area contributed by atoms with Crippen molar-refractivity contribution < 1.29 is 19.0 Å². The topological polar surface area (TPSA) is 56.8 Å². The largest absolute Gasteiger partial charge is 0.497 e. The molecule has 5 nitrogen and oxygen atoms in total. The van der Waals surface area contributed by atoms with Crippen LogP contribution in [0.5, 0.6) is 17.2 Å². The Morgan fingerprint density at radius 1 is 0.759 bits per heavy atom. The van der Waals surface area contributed by atoms with Crippen LogP contribution in [0.4, 0.5) is 0 Å². The van der Waals surface area contributed by atoms with Crippen molar-refractivity contribution in [2.24, 2.45) is 0 Å². The van der Waals surface area contributed by atoms with E-state index in [4.69, 9.17) is 14.2 Å². The van der Waals surface area contributed by atoms with Crippen molar-refractivity contribution in [3.8, 4) is 28.4 Å². The van der Waals surface area contributed by atoms with E-state index in [9.17, 15) is 4.79 Å². The first-order valence-electron chi connectivity index (χ1n) is 9.37. The first-order chi connectivity index (χ1) is 14.1. The molecular weight excluding hydrogens is 366 g/mol. The normalized spacial score (nSPS) is 10.3. The number of carbonyl (C=O) groups is 1. The summed E-state index contributed by atoms with van der Waals surface area (Å²) in [4.78, 5) is 12.6. The van der Waals surface area contributed by atoms with E-state index in [0.29, 0.717) is 23.6 Å². The molecule has 0 unspecified atom stereocenters. The number of rotatable bonds is 8. The lowest BCUT2D eigenvalue weighted by atomic mass is 10.0. The number of ether oxygens (including phenoxy) is 3. The number of amides is 1. The fraction of sp³-hybridized carbons (Fsp3) is 0.208. The SMILES string of the molecule is COc1ccc(CCNC(=O)c2cccc(-c3cc(OC)cc(OC)c3)c2)cc1. The molecule has 0 aliphatic rings. The summed E-state index contributed by atoms with van der Waals surface area (Å²) in [5.41, 5.74) is 3.60. The molecule has 0 fully saturated rings. The van der Waals surface area contributed by atoms with Crippen LogP contribution in [-0.4, -0.2) is 33.8 Å². The average Bonchev–Trinajstić information content (AvgIpc) is 2.79. The van der Waals surface area contributed by atoms with Crippen LogP contribution in [0.1, 0.15) is 15.9 Å². The Labute approximate surface area is 171 Å². The minimum Gasteiger partial charge on any atom is -0.497 e. The van der Waals surface area contributed by atoms with Crippen molar-refractivity contribution in [2.45, 2.75) is 6.42 Å². The minimum absolute atomic E-state index is 0.102. The molecule has 0 bridgehead atoms. The van der Waals surface area contributed by atoms with Crippen LogP contribution in [0.2, 0.25) is 0 Å². The maximum atomic E-state index is 12.6. The molecule has 0 spiro atoms. The molecule has 0 aliphatic carbocycles. The second-order valence-electron chi connectivity index (χ2n) is 6.54. The zero-order chi connectivity index (χ0) is 20.6. The highest BCUT2D eigenvalue weighted by atomic mass is 16.5. The van der Waals surface area contributed by atoms with Crippen LogP contribution in [0, 0.1) is 0 Å². The molecule has 0 saturated heterocycles. The van der Waals surface area contributed by atoms with Crippen molar-refractivity contribution in [1.82, 2.24) is 5.32 Å². The first-order valence-corrected chi connectivity index (χ1v) is 9.37. The molecule has 3 aromatic carbocycles. The molecule has 0 heterocycles. The monoisotopic (exact) mass is 391 g/mol. The number of methoxy groups -OCH3 is 3. The van der Waals surface area contributed by atoms with Crippen LogP contribution < -0.4 is 19.5 Å². The van der Waals surface area contributed by atoms with Gasteiger partial charge < -0.3 is 19.5 Å². The van der Waals surface area contributed by atoms with E-state index in [-0.39, 0.29) is 5.91 Å². The third-order valence-corrected chi connectivity index (χ3v) is 4.67. The summed E-state index contributed by atoms with van der Waals surface area (Å²) in [5, 5.41) is 2.98. The molecule has 29 heavy (non-hydrogen) atoms. The van der Waals surface area contributed by atoms with E-state index in [1.807, 2.05) is 66.7 Å². The van der Waals surface area contributed by atoms with E-state index < -0.39 is 0 Å². The van der Waals surface area contributed by atoms with E-state index in [2.05, 4.69) is 5.32 Å². The summed E-state index contributed by atoms with van der Waals surface area (Å²) >= 11 is 0. The van der Waals surface area contributed by atoms with Gasteiger partial charge in [-0.15, -0.1) is 0 Å². The number of hydrogen-bond acceptors (Lipinski definition) is 4. The van der Waals surface area contributed by atoms with Gasteiger partial charge in [-0.1, -0.05) is 24.3 Å². The summed E-state index contributed by atoms with van der Waals surface area (Å²) in [6, 6.07) is 21.0. The molecule has 0 aliphatic heterocycles. The van der Waals surface area contributed by atoms with E-state index in [1.165, 1.54) is 0 Å². The van der Waals surface area contributed by atoms with Gasteiger partial charge in [-0.3, -0.25) is 4.79 Å². The predicted octanol–water partition coefficient (Wildman–Crippen LogP) is 4.35. The van der Waals surface area contributed by atoms with Gasteiger partial charge in [0.15, 0.2) is 0 Å². The summed E-state index contributed by atoms with van der Waals surface area (Å²) in [7, 11) is 4.88. The lowest BCUT2D eigenvalue weighted by molar-refractivity contribution is 0.0954. The summed E-state index contributed by atoms with van der Waals surface area (Å²) < 4.78 is 15.8. The maximum Gasteiger partial charge on any atom is 0.251 e. The van der Waals surface area contributed by atoms with Gasteiger partial charge in [-0.25, -0.2) is 0 Å². The van der Waals surface area contributed by atoms with Crippen molar-refractivity contribution >= 4 is 5.91 Å². The highest BCUT2D eigenvalue weighted by Crippen LogP contribution is 2.30. The van der Waals surface area contributed by atoms with Gasteiger partial charge in [0.25, 0.3) is 5.91 Å². The molecule has 0 aromatic heterocycles. The molecule has 0 saturated carbocycles. The van der Waals surface area contributed by atoms with Crippen molar-refractivity contribution in [3.05, 3.63) is 77.9 Å². The Hall–Kier alpha value is -3.47. The lowest BCUT2D eigenvalue weighted by Crippen LogP contribution is -2.25. The van der Waals surface area contributed by atoms with E-state index >= 15 is 0 Å². The van der Waals surface area contributed by atoms with Crippen LogP contribution >= 0.6 is 0 Å². The Balaban J connectivity index is 1.67. The van der Waals surface area contributed by atoms with Gasteiger partial charge in [-0.2, -0.15) is 0 Å². The highest BCUT2D eigenvalue weighted by molar-refractivity contribution is 5.95. The van der Waals surface area contributed by atoms with Crippen LogP contribution in [0.3, 0.4) is 0 Å². The van der Waals surface area contributed by atoms with Crippen molar-refractivity contribution in [2.75, 3.05) is 27.9 Å². The molecule has 3 aromatic rings. The summed E-state index contributed by atoms with van der Waals surface area (Å²) in [6.07, 6.45) is 0.752. The maximum absolute atomic E-state index is 12.6. The number of hydrogen-bond donors (Lipinski definition) is 1. The standard InChI is InChI=1S/C24H25NO4/c1-27-21-9-7-17(8-10-21)11-12-25-24(26)19-6-4-5-18(13-19)20-14-22(28-2)16-23(15-20)29-3/h4-10,13-16H,11-12H2,1-3H3,(H,25,26).